The van der Waals surface area contributed by atoms with Gasteiger partial charge in [0.1, 0.15) is 6.10 Å². The smallest absolute Gasteiger partial charge is 0.467 e. The molecule has 0 bridgehead atoms. The van der Waals surface area contributed by atoms with Crippen LogP contribution in [0, 0.1) is 0 Å². The minimum Gasteiger partial charge on any atom is -0.467 e. The van der Waals surface area contributed by atoms with Crippen LogP contribution in [0.25, 0.3) is 0 Å². The maximum atomic E-state index is 12.1. The van der Waals surface area contributed by atoms with Gasteiger partial charge < -0.3 is 25.4 Å². The Hall–Kier alpha value is -2.00. The van der Waals surface area contributed by atoms with E-state index >= 15 is 0 Å². The van der Waals surface area contributed by atoms with E-state index in [4.69, 9.17) is 5.73 Å². The van der Waals surface area contributed by atoms with Crippen molar-refractivity contribution in [1.82, 2.24) is 0 Å². The predicted molar refractivity (Wildman–Crippen MR) is 60.5 cm³/mol. The number of ether oxygens (including phenoxy) is 2. The number of aliphatic hydroxyl groups is 2. The Kier molecular flexibility index (Phi) is 4.79. The number of aliphatic hydroxyl groups excluding tert-OH is 2. The van der Waals surface area contributed by atoms with Gasteiger partial charge in [-0.1, -0.05) is 6.07 Å². The molecule has 2 unspecified atom stereocenters. The van der Waals surface area contributed by atoms with Crippen molar-refractivity contribution < 1.29 is 37.7 Å². The first-order chi connectivity index (χ1) is 9.15. The number of hydrogen-bond acceptors (Lipinski definition) is 6. The highest BCUT2D eigenvalue weighted by Crippen LogP contribution is 2.31. The standard InChI is InChI=1S/C11H12F3NO5/c1-19-10(18)9(17)8(16)5-2-3-6(15)7(4-5)20-11(12,13)14/h2-4,8-9,16-17H,15H2,1H3. The van der Waals surface area contributed by atoms with E-state index in [-0.39, 0.29) is 11.3 Å². The number of carbonyl (C=O) groups excluding carboxylic acids is 1. The van der Waals surface area contributed by atoms with Gasteiger partial charge in [0.15, 0.2) is 11.9 Å². The second-order valence-electron chi connectivity index (χ2n) is 3.76. The molecule has 1 aromatic carbocycles. The van der Waals surface area contributed by atoms with Crippen molar-refractivity contribution in [2.45, 2.75) is 18.6 Å². The van der Waals surface area contributed by atoms with Gasteiger partial charge in [-0.3, -0.25) is 0 Å². The summed E-state index contributed by atoms with van der Waals surface area (Å²) in [6.07, 6.45) is -8.68. The largest absolute Gasteiger partial charge is 0.573 e. The lowest BCUT2D eigenvalue weighted by Gasteiger charge is -2.18. The van der Waals surface area contributed by atoms with E-state index in [0.29, 0.717) is 0 Å². The molecule has 0 saturated heterocycles. The van der Waals surface area contributed by atoms with Gasteiger partial charge in [-0.25, -0.2) is 4.79 Å². The summed E-state index contributed by atoms with van der Waals surface area (Å²) >= 11 is 0. The predicted octanol–water partition coefficient (Wildman–Crippen LogP) is 0.735. The maximum Gasteiger partial charge on any atom is 0.573 e. The number of rotatable bonds is 4. The van der Waals surface area contributed by atoms with Crippen molar-refractivity contribution in [1.29, 1.82) is 0 Å². The summed E-state index contributed by atoms with van der Waals surface area (Å²) in [6, 6.07) is 2.97. The first kappa shape index (κ1) is 16.1. The molecule has 0 aromatic heterocycles. The van der Waals surface area contributed by atoms with Crippen molar-refractivity contribution in [3.8, 4) is 5.75 Å². The summed E-state index contributed by atoms with van der Waals surface area (Å²) in [7, 11) is 0.986. The van der Waals surface area contributed by atoms with Crippen LogP contribution in [-0.4, -0.2) is 35.8 Å². The van der Waals surface area contributed by atoms with Crippen LogP contribution in [0.2, 0.25) is 0 Å². The van der Waals surface area contributed by atoms with Gasteiger partial charge in [-0.15, -0.1) is 13.2 Å². The number of halogens is 3. The van der Waals surface area contributed by atoms with Gasteiger partial charge >= 0.3 is 12.3 Å². The Morgan fingerprint density at radius 2 is 1.95 bits per heavy atom. The Morgan fingerprint density at radius 3 is 2.45 bits per heavy atom. The third-order valence-corrected chi connectivity index (χ3v) is 2.35. The average Bonchev–Trinajstić information content (AvgIpc) is 2.37. The molecule has 0 amide bonds. The summed E-state index contributed by atoms with van der Waals surface area (Å²) in [6.45, 7) is 0. The molecule has 0 aliphatic carbocycles. The third-order valence-electron chi connectivity index (χ3n) is 2.35. The van der Waals surface area contributed by atoms with E-state index in [1.54, 1.807) is 0 Å². The van der Waals surface area contributed by atoms with Crippen molar-refractivity contribution >= 4 is 11.7 Å². The summed E-state index contributed by atoms with van der Waals surface area (Å²) < 4.78 is 44.3. The molecule has 20 heavy (non-hydrogen) atoms. The molecule has 2 atom stereocenters. The van der Waals surface area contributed by atoms with Crippen molar-refractivity contribution in [3.63, 3.8) is 0 Å². The van der Waals surface area contributed by atoms with Crippen LogP contribution < -0.4 is 10.5 Å². The first-order valence-electron chi connectivity index (χ1n) is 5.25. The molecular weight excluding hydrogens is 283 g/mol. The molecule has 0 heterocycles. The Morgan fingerprint density at radius 1 is 1.35 bits per heavy atom. The highest BCUT2D eigenvalue weighted by atomic mass is 19.4. The minimum absolute atomic E-state index is 0.184. The van der Waals surface area contributed by atoms with Crippen LogP contribution in [0.3, 0.4) is 0 Å². The van der Waals surface area contributed by atoms with E-state index < -0.39 is 30.3 Å². The quantitative estimate of drug-likeness (QED) is 0.559. The third kappa shape index (κ3) is 4.00. The number of carbonyl (C=O) groups is 1. The van der Waals surface area contributed by atoms with E-state index in [9.17, 15) is 28.2 Å². The van der Waals surface area contributed by atoms with Crippen molar-refractivity contribution in [3.05, 3.63) is 23.8 Å². The zero-order valence-corrected chi connectivity index (χ0v) is 10.2. The first-order valence-corrected chi connectivity index (χ1v) is 5.25. The van der Waals surface area contributed by atoms with E-state index in [2.05, 4.69) is 9.47 Å². The van der Waals surface area contributed by atoms with Crippen LogP contribution in [0.15, 0.2) is 18.2 Å². The fraction of sp³-hybridized carbons (Fsp3) is 0.364. The van der Waals surface area contributed by atoms with E-state index in [1.165, 1.54) is 0 Å². The van der Waals surface area contributed by atoms with Crippen LogP contribution >= 0.6 is 0 Å². The van der Waals surface area contributed by atoms with Crippen LogP contribution in [-0.2, 0) is 9.53 Å². The molecule has 1 aromatic rings. The molecular formula is C11H12F3NO5. The fourth-order valence-corrected chi connectivity index (χ4v) is 1.38. The van der Waals surface area contributed by atoms with Gasteiger partial charge in [0.05, 0.1) is 12.8 Å². The Labute approximate surface area is 111 Å². The number of nitrogens with two attached hydrogens (primary N) is 1. The average molecular weight is 295 g/mol. The van der Waals surface area contributed by atoms with Crippen LogP contribution in [0.5, 0.6) is 5.75 Å². The Balaban J connectivity index is 3.03. The molecule has 4 N–H and O–H groups in total. The molecule has 1 rings (SSSR count). The van der Waals surface area contributed by atoms with Crippen molar-refractivity contribution in [2.24, 2.45) is 0 Å². The van der Waals surface area contributed by atoms with Gasteiger partial charge in [-0.2, -0.15) is 0 Å². The molecule has 6 nitrogen and oxygen atoms in total. The van der Waals surface area contributed by atoms with Gasteiger partial charge in [0, 0.05) is 0 Å². The monoisotopic (exact) mass is 295 g/mol. The molecule has 0 saturated carbocycles. The lowest BCUT2D eigenvalue weighted by molar-refractivity contribution is -0.274. The number of methoxy groups -OCH3 is 1. The van der Waals surface area contributed by atoms with E-state index in [1.807, 2.05) is 0 Å². The molecule has 0 aliphatic heterocycles. The highest BCUT2D eigenvalue weighted by Gasteiger charge is 2.33. The number of esters is 1. The summed E-state index contributed by atoms with van der Waals surface area (Å²) in [5.41, 5.74) is 4.80. The zero-order valence-electron chi connectivity index (χ0n) is 10.2. The lowest BCUT2D eigenvalue weighted by atomic mass is 10.0. The Bertz CT molecular complexity index is 491. The van der Waals surface area contributed by atoms with Gasteiger partial charge in [0.25, 0.3) is 0 Å². The number of benzene rings is 1. The number of hydrogen-bond donors (Lipinski definition) is 3. The van der Waals surface area contributed by atoms with Crippen LogP contribution in [0.4, 0.5) is 18.9 Å². The van der Waals surface area contributed by atoms with Gasteiger partial charge in [0.2, 0.25) is 0 Å². The number of anilines is 1. The maximum absolute atomic E-state index is 12.1. The fourth-order valence-electron chi connectivity index (χ4n) is 1.38. The summed E-state index contributed by atoms with van der Waals surface area (Å²) in [5.74, 6) is -1.88. The molecule has 112 valence electrons. The topological polar surface area (TPSA) is 102 Å². The normalized spacial score (nSPS) is 14.5. The van der Waals surface area contributed by atoms with Crippen molar-refractivity contribution in [2.75, 3.05) is 12.8 Å². The number of alkyl halides is 3. The molecule has 0 radical (unpaired) electrons. The lowest BCUT2D eigenvalue weighted by Crippen LogP contribution is -2.29. The minimum atomic E-state index is -4.96. The second kappa shape index (κ2) is 5.97. The summed E-state index contributed by atoms with van der Waals surface area (Å²) in [5, 5.41) is 19.1. The second-order valence-corrected chi connectivity index (χ2v) is 3.76. The molecule has 0 fully saturated rings. The summed E-state index contributed by atoms with van der Waals surface area (Å²) in [4.78, 5) is 11.0. The molecule has 9 heteroatoms. The molecule has 0 spiro atoms. The van der Waals surface area contributed by atoms with Gasteiger partial charge in [-0.05, 0) is 17.7 Å². The molecule has 0 aliphatic rings. The number of nitrogen functional groups attached to an aromatic ring is 1. The van der Waals surface area contributed by atoms with Crippen LogP contribution in [0.1, 0.15) is 11.7 Å². The SMILES string of the molecule is COC(=O)C(O)C(O)c1ccc(N)c(OC(F)(F)F)c1. The van der Waals surface area contributed by atoms with E-state index in [0.717, 1.165) is 25.3 Å². The highest BCUT2D eigenvalue weighted by molar-refractivity contribution is 5.75. The zero-order chi connectivity index (χ0) is 15.5.